The molecule has 26 heavy (non-hydrogen) atoms. The quantitative estimate of drug-likeness (QED) is 0.691. The fraction of sp³-hybridized carbons (Fsp3) is 0.263. The molecule has 2 aromatic rings. The summed E-state index contributed by atoms with van der Waals surface area (Å²) in [6, 6.07) is 10.2. The minimum Gasteiger partial charge on any atom is -0.493 e. The first kappa shape index (κ1) is 19.1. The number of carbonyl (C=O) groups is 2. The van der Waals surface area contributed by atoms with Crippen LogP contribution >= 0.6 is 0 Å². The van der Waals surface area contributed by atoms with Gasteiger partial charge < -0.3 is 24.3 Å². The van der Waals surface area contributed by atoms with Gasteiger partial charge in [-0.3, -0.25) is 9.59 Å². The van der Waals surface area contributed by atoms with Crippen molar-refractivity contribution in [3.63, 3.8) is 0 Å². The minimum atomic E-state index is -0.320. The van der Waals surface area contributed by atoms with Crippen LogP contribution in [0.3, 0.4) is 0 Å². The molecule has 2 rings (SSSR count). The standard InChI is InChI=1S/C19H21NO6/c1-23-16-8-13(9-17(24-2)19(16)25-3)10-20-18(22)12-26-15-7-5-4-6-14(15)11-21/h4-9,11H,10,12H2,1-3H3,(H,20,22). The van der Waals surface area contributed by atoms with Gasteiger partial charge in [0.1, 0.15) is 5.75 Å². The average molecular weight is 359 g/mol. The summed E-state index contributed by atoms with van der Waals surface area (Å²) in [5.41, 5.74) is 1.17. The van der Waals surface area contributed by atoms with E-state index >= 15 is 0 Å². The molecule has 0 unspecified atom stereocenters. The normalized spacial score (nSPS) is 9.96. The Balaban J connectivity index is 1.97. The number of benzene rings is 2. The van der Waals surface area contributed by atoms with Crippen molar-refractivity contribution in [2.24, 2.45) is 0 Å². The van der Waals surface area contributed by atoms with Crippen LogP contribution in [0.1, 0.15) is 15.9 Å². The number of carbonyl (C=O) groups excluding carboxylic acids is 2. The fourth-order valence-electron chi connectivity index (χ4n) is 2.34. The van der Waals surface area contributed by atoms with Gasteiger partial charge in [0.25, 0.3) is 5.91 Å². The van der Waals surface area contributed by atoms with Gasteiger partial charge in [0.2, 0.25) is 5.75 Å². The molecule has 0 atom stereocenters. The number of aldehydes is 1. The van der Waals surface area contributed by atoms with Crippen molar-refractivity contribution >= 4 is 12.2 Å². The third-order valence-corrected chi connectivity index (χ3v) is 3.62. The molecule has 7 nitrogen and oxygen atoms in total. The van der Waals surface area contributed by atoms with Crippen molar-refractivity contribution in [1.82, 2.24) is 5.32 Å². The molecule has 0 aliphatic carbocycles. The van der Waals surface area contributed by atoms with E-state index < -0.39 is 0 Å². The first-order valence-corrected chi connectivity index (χ1v) is 7.85. The largest absolute Gasteiger partial charge is 0.493 e. The molecule has 0 saturated carbocycles. The molecule has 0 aromatic heterocycles. The van der Waals surface area contributed by atoms with Crippen LogP contribution in [0.15, 0.2) is 36.4 Å². The predicted octanol–water partition coefficient (Wildman–Crippen LogP) is 2.22. The number of hydrogen-bond donors (Lipinski definition) is 1. The zero-order valence-electron chi connectivity index (χ0n) is 14.9. The zero-order valence-corrected chi connectivity index (χ0v) is 14.9. The maximum atomic E-state index is 12.0. The summed E-state index contributed by atoms with van der Waals surface area (Å²) in [6.07, 6.45) is 0.684. The summed E-state index contributed by atoms with van der Waals surface area (Å²) in [4.78, 5) is 23.0. The Labute approximate surface area is 151 Å². The van der Waals surface area contributed by atoms with E-state index in [0.29, 0.717) is 34.8 Å². The van der Waals surface area contributed by atoms with Crippen molar-refractivity contribution < 1.29 is 28.5 Å². The van der Waals surface area contributed by atoms with Crippen molar-refractivity contribution in [3.8, 4) is 23.0 Å². The highest BCUT2D eigenvalue weighted by atomic mass is 16.5. The van der Waals surface area contributed by atoms with Gasteiger partial charge in [-0.25, -0.2) is 0 Å². The van der Waals surface area contributed by atoms with Crippen LogP contribution in [0, 0.1) is 0 Å². The fourth-order valence-corrected chi connectivity index (χ4v) is 2.34. The van der Waals surface area contributed by atoms with Gasteiger partial charge in [0.05, 0.1) is 26.9 Å². The summed E-state index contributed by atoms with van der Waals surface area (Å²) in [5.74, 6) is 1.54. The van der Waals surface area contributed by atoms with Crippen molar-refractivity contribution in [2.45, 2.75) is 6.54 Å². The number of amides is 1. The highest BCUT2D eigenvalue weighted by molar-refractivity contribution is 5.80. The number of ether oxygens (including phenoxy) is 4. The number of rotatable bonds is 9. The number of para-hydroxylation sites is 1. The van der Waals surface area contributed by atoms with Crippen LogP contribution in [0.25, 0.3) is 0 Å². The second-order valence-corrected chi connectivity index (χ2v) is 5.25. The zero-order chi connectivity index (χ0) is 18.9. The first-order valence-electron chi connectivity index (χ1n) is 7.85. The second kappa shape index (κ2) is 9.31. The molecule has 0 radical (unpaired) electrons. The molecule has 0 spiro atoms. The molecule has 7 heteroatoms. The summed E-state index contributed by atoms with van der Waals surface area (Å²) in [7, 11) is 4.58. The number of methoxy groups -OCH3 is 3. The Bertz CT molecular complexity index is 749. The van der Waals surface area contributed by atoms with Gasteiger partial charge in [-0.2, -0.15) is 0 Å². The van der Waals surface area contributed by atoms with Gasteiger partial charge in [0.15, 0.2) is 24.4 Å². The lowest BCUT2D eigenvalue weighted by molar-refractivity contribution is -0.123. The Morgan fingerprint density at radius 1 is 1.00 bits per heavy atom. The monoisotopic (exact) mass is 359 g/mol. The lowest BCUT2D eigenvalue weighted by Crippen LogP contribution is -2.28. The highest BCUT2D eigenvalue weighted by Crippen LogP contribution is 2.38. The van der Waals surface area contributed by atoms with Crippen LogP contribution in [-0.4, -0.2) is 40.1 Å². The molecule has 0 aliphatic heterocycles. The first-order chi connectivity index (χ1) is 12.6. The van der Waals surface area contributed by atoms with Crippen molar-refractivity contribution in [3.05, 3.63) is 47.5 Å². The van der Waals surface area contributed by atoms with E-state index in [1.807, 2.05) is 0 Å². The molecule has 0 fully saturated rings. The molecular weight excluding hydrogens is 338 g/mol. The Morgan fingerprint density at radius 2 is 1.65 bits per heavy atom. The molecule has 0 heterocycles. The molecule has 2 aromatic carbocycles. The van der Waals surface area contributed by atoms with E-state index in [1.165, 1.54) is 21.3 Å². The molecule has 1 N–H and O–H groups in total. The third-order valence-electron chi connectivity index (χ3n) is 3.62. The van der Waals surface area contributed by atoms with Crippen LogP contribution < -0.4 is 24.3 Å². The maximum absolute atomic E-state index is 12.0. The van der Waals surface area contributed by atoms with Gasteiger partial charge in [-0.15, -0.1) is 0 Å². The van der Waals surface area contributed by atoms with Gasteiger partial charge in [-0.05, 0) is 29.8 Å². The van der Waals surface area contributed by atoms with E-state index in [4.69, 9.17) is 18.9 Å². The Kier molecular flexibility index (Phi) is 6.84. The molecule has 1 amide bonds. The summed E-state index contributed by atoms with van der Waals surface area (Å²) in [5, 5.41) is 2.74. The maximum Gasteiger partial charge on any atom is 0.258 e. The molecule has 0 saturated heterocycles. The lowest BCUT2D eigenvalue weighted by atomic mass is 10.1. The van der Waals surface area contributed by atoms with E-state index in [1.54, 1.807) is 36.4 Å². The molecule has 0 aliphatic rings. The van der Waals surface area contributed by atoms with Gasteiger partial charge in [0, 0.05) is 6.54 Å². The number of hydrogen-bond acceptors (Lipinski definition) is 6. The van der Waals surface area contributed by atoms with Crippen LogP contribution in [0.4, 0.5) is 0 Å². The molecule has 138 valence electrons. The molecule has 0 bridgehead atoms. The van der Waals surface area contributed by atoms with E-state index in [9.17, 15) is 9.59 Å². The van der Waals surface area contributed by atoms with Crippen LogP contribution in [0.2, 0.25) is 0 Å². The summed E-state index contributed by atoms with van der Waals surface area (Å²) < 4.78 is 21.2. The average Bonchev–Trinajstić information content (AvgIpc) is 2.69. The van der Waals surface area contributed by atoms with Gasteiger partial charge >= 0.3 is 0 Å². The Morgan fingerprint density at radius 3 is 2.23 bits per heavy atom. The lowest BCUT2D eigenvalue weighted by Gasteiger charge is -2.14. The van der Waals surface area contributed by atoms with Crippen LogP contribution in [0.5, 0.6) is 23.0 Å². The number of nitrogens with one attached hydrogen (secondary N) is 1. The smallest absolute Gasteiger partial charge is 0.258 e. The van der Waals surface area contributed by atoms with Crippen molar-refractivity contribution in [1.29, 1.82) is 0 Å². The van der Waals surface area contributed by atoms with Crippen molar-refractivity contribution in [2.75, 3.05) is 27.9 Å². The summed E-state index contributed by atoms with van der Waals surface area (Å²) in [6.45, 7) is 0.0590. The SMILES string of the molecule is COc1cc(CNC(=O)COc2ccccc2C=O)cc(OC)c1OC. The topological polar surface area (TPSA) is 83.1 Å². The van der Waals surface area contributed by atoms with E-state index in [0.717, 1.165) is 5.56 Å². The summed E-state index contributed by atoms with van der Waals surface area (Å²) >= 11 is 0. The second-order valence-electron chi connectivity index (χ2n) is 5.25. The Hall–Kier alpha value is -3.22. The van der Waals surface area contributed by atoms with Crippen LogP contribution in [-0.2, 0) is 11.3 Å². The predicted molar refractivity (Wildman–Crippen MR) is 95.3 cm³/mol. The van der Waals surface area contributed by atoms with E-state index in [-0.39, 0.29) is 19.1 Å². The third kappa shape index (κ3) is 4.66. The van der Waals surface area contributed by atoms with Gasteiger partial charge in [-0.1, -0.05) is 12.1 Å². The minimum absolute atomic E-state index is 0.199. The highest BCUT2D eigenvalue weighted by Gasteiger charge is 2.14. The van der Waals surface area contributed by atoms with E-state index in [2.05, 4.69) is 5.32 Å². The molecular formula is C19H21NO6.